The second-order valence-corrected chi connectivity index (χ2v) is 6.87. The number of thiazole rings is 1. The van der Waals surface area contributed by atoms with Crippen molar-refractivity contribution < 1.29 is 23.8 Å². The van der Waals surface area contributed by atoms with E-state index in [1.165, 1.54) is 25.4 Å². The molecule has 28 heavy (non-hydrogen) atoms. The van der Waals surface area contributed by atoms with E-state index in [2.05, 4.69) is 10.3 Å². The molecule has 7 nitrogen and oxygen atoms in total. The number of ether oxygens (including phenoxy) is 3. The van der Waals surface area contributed by atoms with Crippen LogP contribution in [0, 0.1) is 0 Å². The number of methoxy groups -OCH3 is 1. The van der Waals surface area contributed by atoms with E-state index < -0.39 is 0 Å². The van der Waals surface area contributed by atoms with Gasteiger partial charge in [0.25, 0.3) is 5.91 Å². The molecule has 0 aliphatic heterocycles. The summed E-state index contributed by atoms with van der Waals surface area (Å²) in [5, 5.41) is 3.21. The van der Waals surface area contributed by atoms with Crippen LogP contribution < -0.4 is 19.5 Å². The Hall–Kier alpha value is -3.13. The van der Waals surface area contributed by atoms with Crippen molar-refractivity contribution in [3.63, 3.8) is 0 Å². The molecule has 0 unspecified atom stereocenters. The van der Waals surface area contributed by atoms with E-state index in [0.29, 0.717) is 28.8 Å². The van der Waals surface area contributed by atoms with Gasteiger partial charge in [0.05, 0.1) is 23.9 Å². The number of hydrogen-bond donors (Lipinski definition) is 1. The molecule has 146 valence electrons. The topological polar surface area (TPSA) is 86.8 Å². The van der Waals surface area contributed by atoms with E-state index in [9.17, 15) is 9.59 Å². The lowest BCUT2D eigenvalue weighted by molar-refractivity contribution is -0.118. The number of amides is 1. The van der Waals surface area contributed by atoms with Gasteiger partial charge in [0.1, 0.15) is 5.75 Å². The number of Topliss-reactive ketones (excluding diaryl/α,β-unsaturated/α-hetero) is 1. The standard InChI is InChI=1S/C20H20N2O5S/c1-4-26-14-6-7-15-18(10-14)28-20(21-15)22-19(24)11-27-16-8-5-13(12(2)23)9-17(16)25-3/h5-10H,4,11H2,1-3H3,(H,21,22,24). The summed E-state index contributed by atoms with van der Waals surface area (Å²) >= 11 is 1.36. The van der Waals surface area contributed by atoms with Crippen molar-refractivity contribution >= 4 is 38.4 Å². The summed E-state index contributed by atoms with van der Waals surface area (Å²) < 4.78 is 17.2. The minimum atomic E-state index is -0.346. The van der Waals surface area contributed by atoms with Gasteiger partial charge >= 0.3 is 0 Å². The maximum Gasteiger partial charge on any atom is 0.264 e. The molecule has 0 saturated heterocycles. The number of anilines is 1. The predicted molar refractivity (Wildman–Crippen MR) is 108 cm³/mol. The maximum absolute atomic E-state index is 12.2. The Labute approximate surface area is 166 Å². The first-order chi connectivity index (χ1) is 13.5. The number of rotatable bonds is 8. The van der Waals surface area contributed by atoms with Crippen LogP contribution in [0.25, 0.3) is 10.2 Å². The SMILES string of the molecule is CCOc1ccc2nc(NC(=O)COc3ccc(C(C)=O)cc3OC)sc2c1. The van der Waals surface area contributed by atoms with Crippen molar-refractivity contribution in [2.75, 3.05) is 25.6 Å². The zero-order valence-electron chi connectivity index (χ0n) is 15.8. The summed E-state index contributed by atoms with van der Waals surface area (Å²) in [6, 6.07) is 10.4. The van der Waals surface area contributed by atoms with E-state index in [0.717, 1.165) is 16.0 Å². The minimum Gasteiger partial charge on any atom is -0.494 e. The van der Waals surface area contributed by atoms with Gasteiger partial charge in [0.2, 0.25) is 0 Å². The Kier molecular flexibility index (Phi) is 6.10. The number of nitrogens with zero attached hydrogens (tertiary/aromatic N) is 1. The smallest absolute Gasteiger partial charge is 0.264 e. The molecular weight excluding hydrogens is 380 g/mol. The molecule has 3 rings (SSSR count). The van der Waals surface area contributed by atoms with Crippen molar-refractivity contribution in [1.29, 1.82) is 0 Å². The van der Waals surface area contributed by atoms with Crippen molar-refractivity contribution in [3.05, 3.63) is 42.0 Å². The third kappa shape index (κ3) is 4.58. The Morgan fingerprint density at radius 2 is 1.93 bits per heavy atom. The number of ketones is 1. The monoisotopic (exact) mass is 400 g/mol. The Bertz CT molecular complexity index is 1010. The number of carbonyl (C=O) groups excluding carboxylic acids is 2. The summed E-state index contributed by atoms with van der Waals surface area (Å²) in [5.74, 6) is 1.12. The lowest BCUT2D eigenvalue weighted by Gasteiger charge is -2.11. The highest BCUT2D eigenvalue weighted by atomic mass is 32.1. The average molecular weight is 400 g/mol. The van der Waals surface area contributed by atoms with Gasteiger partial charge in [0.15, 0.2) is 29.0 Å². The molecular formula is C20H20N2O5S. The summed E-state index contributed by atoms with van der Waals surface area (Å²) in [6.07, 6.45) is 0. The van der Waals surface area contributed by atoms with Crippen LogP contribution in [0.5, 0.6) is 17.2 Å². The van der Waals surface area contributed by atoms with Crippen LogP contribution in [-0.4, -0.2) is 37.0 Å². The number of nitrogens with one attached hydrogen (secondary N) is 1. The summed E-state index contributed by atoms with van der Waals surface area (Å²) in [4.78, 5) is 28.1. The van der Waals surface area contributed by atoms with Gasteiger partial charge in [0, 0.05) is 5.56 Å². The zero-order chi connectivity index (χ0) is 20.1. The molecule has 2 aromatic carbocycles. The lowest BCUT2D eigenvalue weighted by atomic mass is 10.1. The van der Waals surface area contributed by atoms with Gasteiger partial charge in [-0.2, -0.15) is 0 Å². The van der Waals surface area contributed by atoms with E-state index >= 15 is 0 Å². The maximum atomic E-state index is 12.2. The van der Waals surface area contributed by atoms with Crippen LogP contribution in [0.3, 0.4) is 0 Å². The molecule has 3 aromatic rings. The van der Waals surface area contributed by atoms with Crippen molar-refractivity contribution in [1.82, 2.24) is 4.98 Å². The van der Waals surface area contributed by atoms with E-state index in [-0.39, 0.29) is 18.3 Å². The number of hydrogen-bond acceptors (Lipinski definition) is 7. The molecule has 0 aliphatic rings. The highest BCUT2D eigenvalue weighted by Crippen LogP contribution is 2.30. The molecule has 8 heteroatoms. The number of benzene rings is 2. The highest BCUT2D eigenvalue weighted by molar-refractivity contribution is 7.22. The fourth-order valence-electron chi connectivity index (χ4n) is 2.52. The molecule has 0 aliphatic carbocycles. The van der Waals surface area contributed by atoms with Gasteiger partial charge in [-0.1, -0.05) is 11.3 Å². The first-order valence-corrected chi connectivity index (χ1v) is 9.46. The molecule has 0 atom stereocenters. The predicted octanol–water partition coefficient (Wildman–Crippen LogP) is 3.92. The molecule has 0 spiro atoms. The molecule has 1 N–H and O–H groups in total. The van der Waals surface area contributed by atoms with Crippen molar-refractivity contribution in [3.8, 4) is 17.2 Å². The third-order valence-corrected chi connectivity index (χ3v) is 4.78. The van der Waals surface area contributed by atoms with Gasteiger partial charge in [-0.05, 0) is 50.2 Å². The fraction of sp³-hybridized carbons (Fsp3) is 0.250. The largest absolute Gasteiger partial charge is 0.494 e. The van der Waals surface area contributed by atoms with E-state index in [1.807, 2.05) is 25.1 Å². The van der Waals surface area contributed by atoms with Crippen molar-refractivity contribution in [2.24, 2.45) is 0 Å². The van der Waals surface area contributed by atoms with Gasteiger partial charge in [-0.15, -0.1) is 0 Å². The summed E-state index contributed by atoms with van der Waals surface area (Å²) in [6.45, 7) is 3.77. The Balaban J connectivity index is 1.64. The first-order valence-electron chi connectivity index (χ1n) is 8.65. The highest BCUT2D eigenvalue weighted by Gasteiger charge is 2.12. The van der Waals surface area contributed by atoms with Crippen LogP contribution in [0.15, 0.2) is 36.4 Å². The van der Waals surface area contributed by atoms with Gasteiger partial charge in [-0.25, -0.2) is 4.98 Å². The quantitative estimate of drug-likeness (QED) is 0.577. The number of carbonyl (C=O) groups is 2. The van der Waals surface area contributed by atoms with Crippen LogP contribution in [0.2, 0.25) is 0 Å². The van der Waals surface area contributed by atoms with Crippen LogP contribution in [0.4, 0.5) is 5.13 Å². The second kappa shape index (κ2) is 8.71. The zero-order valence-corrected chi connectivity index (χ0v) is 16.6. The third-order valence-electron chi connectivity index (χ3n) is 3.85. The van der Waals surface area contributed by atoms with E-state index in [1.54, 1.807) is 18.2 Å². The molecule has 1 amide bonds. The van der Waals surface area contributed by atoms with Crippen molar-refractivity contribution in [2.45, 2.75) is 13.8 Å². The lowest BCUT2D eigenvalue weighted by Crippen LogP contribution is -2.20. The normalized spacial score (nSPS) is 10.5. The fourth-order valence-corrected chi connectivity index (χ4v) is 3.43. The molecule has 0 fully saturated rings. The summed E-state index contributed by atoms with van der Waals surface area (Å²) in [7, 11) is 1.48. The Morgan fingerprint density at radius 1 is 1.11 bits per heavy atom. The molecule has 0 radical (unpaired) electrons. The second-order valence-electron chi connectivity index (χ2n) is 5.84. The molecule has 1 heterocycles. The van der Waals surface area contributed by atoms with Gasteiger partial charge in [-0.3, -0.25) is 14.9 Å². The molecule has 0 saturated carbocycles. The molecule has 0 bridgehead atoms. The van der Waals surface area contributed by atoms with E-state index in [4.69, 9.17) is 14.2 Å². The summed E-state index contributed by atoms with van der Waals surface area (Å²) in [5.41, 5.74) is 1.29. The van der Waals surface area contributed by atoms with Gasteiger partial charge < -0.3 is 14.2 Å². The average Bonchev–Trinajstić information content (AvgIpc) is 3.07. The number of aromatic nitrogens is 1. The molecule has 1 aromatic heterocycles. The van der Waals surface area contributed by atoms with Crippen LogP contribution in [0.1, 0.15) is 24.2 Å². The van der Waals surface area contributed by atoms with Crippen LogP contribution >= 0.6 is 11.3 Å². The minimum absolute atomic E-state index is 0.0778. The number of fused-ring (bicyclic) bond motifs is 1. The Morgan fingerprint density at radius 3 is 2.64 bits per heavy atom. The first kappa shape index (κ1) is 19.6. The van der Waals surface area contributed by atoms with Crippen LogP contribution in [-0.2, 0) is 4.79 Å².